The molecule has 6 heteroatoms. The van der Waals surface area contributed by atoms with Crippen LogP contribution in [0.15, 0.2) is 22.7 Å². The van der Waals surface area contributed by atoms with Gasteiger partial charge in [-0.25, -0.2) is 13.5 Å². The standard InChI is InChI=1S/C10H8BrF2N3/c11-6-1-2-8-9(3-6)16(15-14-8)7-4-10(12,13)5-7/h1-3,7H,4-5H2. The van der Waals surface area contributed by atoms with Gasteiger partial charge in [0.05, 0.1) is 11.6 Å². The molecule has 0 N–H and O–H groups in total. The predicted molar refractivity (Wildman–Crippen MR) is 58.4 cm³/mol. The molecule has 84 valence electrons. The van der Waals surface area contributed by atoms with E-state index in [1.807, 2.05) is 18.2 Å². The van der Waals surface area contributed by atoms with Crippen molar-refractivity contribution in [3.05, 3.63) is 22.7 Å². The molecule has 0 unspecified atom stereocenters. The number of fused-ring (bicyclic) bond motifs is 1. The molecule has 0 bridgehead atoms. The highest BCUT2D eigenvalue weighted by Gasteiger charge is 2.47. The first-order valence-electron chi connectivity index (χ1n) is 4.93. The molecule has 1 aromatic carbocycles. The highest BCUT2D eigenvalue weighted by molar-refractivity contribution is 9.10. The van der Waals surface area contributed by atoms with E-state index >= 15 is 0 Å². The maximum absolute atomic E-state index is 12.8. The third-order valence-electron chi connectivity index (χ3n) is 2.85. The third kappa shape index (κ3) is 1.52. The number of benzene rings is 1. The lowest BCUT2D eigenvalue weighted by molar-refractivity contribution is -0.106. The summed E-state index contributed by atoms with van der Waals surface area (Å²) in [5.74, 6) is -2.53. The Labute approximate surface area is 98.6 Å². The first-order valence-corrected chi connectivity index (χ1v) is 5.73. The molecule has 16 heavy (non-hydrogen) atoms. The minimum atomic E-state index is -2.53. The number of nitrogens with zero attached hydrogens (tertiary/aromatic N) is 3. The SMILES string of the molecule is FC1(F)CC(n2nnc3ccc(Br)cc32)C1. The van der Waals surface area contributed by atoms with Crippen LogP contribution < -0.4 is 0 Å². The molecule has 0 aliphatic heterocycles. The Bertz CT molecular complexity index is 544. The van der Waals surface area contributed by atoms with Gasteiger partial charge in [0.15, 0.2) is 0 Å². The summed E-state index contributed by atoms with van der Waals surface area (Å²) in [4.78, 5) is 0. The molecular formula is C10H8BrF2N3. The fraction of sp³-hybridized carbons (Fsp3) is 0.400. The lowest BCUT2D eigenvalue weighted by atomic mass is 9.88. The van der Waals surface area contributed by atoms with Gasteiger partial charge in [-0.15, -0.1) is 5.10 Å². The van der Waals surface area contributed by atoms with Crippen LogP contribution in [-0.2, 0) is 0 Å². The summed E-state index contributed by atoms with van der Waals surface area (Å²) in [5, 5.41) is 7.89. The maximum atomic E-state index is 12.8. The van der Waals surface area contributed by atoms with Crippen molar-refractivity contribution in [2.45, 2.75) is 24.8 Å². The van der Waals surface area contributed by atoms with Gasteiger partial charge in [-0.1, -0.05) is 21.1 Å². The van der Waals surface area contributed by atoms with Crippen LogP contribution in [0.4, 0.5) is 8.78 Å². The molecule has 1 heterocycles. The van der Waals surface area contributed by atoms with Crippen LogP contribution in [-0.4, -0.2) is 20.9 Å². The van der Waals surface area contributed by atoms with Gasteiger partial charge in [-0.3, -0.25) is 0 Å². The smallest absolute Gasteiger partial charge is 0.241 e. The summed E-state index contributed by atoms with van der Waals surface area (Å²) >= 11 is 3.35. The molecule has 0 amide bonds. The van der Waals surface area contributed by atoms with E-state index in [2.05, 4.69) is 26.2 Å². The average Bonchev–Trinajstić information content (AvgIpc) is 2.56. The Hall–Kier alpha value is -1.04. The monoisotopic (exact) mass is 287 g/mol. The van der Waals surface area contributed by atoms with Gasteiger partial charge in [0.25, 0.3) is 5.92 Å². The molecule has 0 atom stereocenters. The predicted octanol–water partition coefficient (Wildman–Crippen LogP) is 3.16. The first kappa shape index (κ1) is 10.1. The maximum Gasteiger partial charge on any atom is 0.252 e. The Morgan fingerprint density at radius 2 is 2.12 bits per heavy atom. The molecule has 3 nitrogen and oxygen atoms in total. The van der Waals surface area contributed by atoms with Gasteiger partial charge in [0, 0.05) is 17.3 Å². The van der Waals surface area contributed by atoms with E-state index in [4.69, 9.17) is 0 Å². The molecule has 0 radical (unpaired) electrons. The summed E-state index contributed by atoms with van der Waals surface area (Å²) in [7, 11) is 0. The highest BCUT2D eigenvalue weighted by Crippen LogP contribution is 2.45. The van der Waals surface area contributed by atoms with Crippen molar-refractivity contribution in [2.75, 3.05) is 0 Å². The number of aromatic nitrogens is 3. The molecule has 2 aromatic rings. The molecule has 1 aliphatic rings. The largest absolute Gasteiger partial charge is 0.252 e. The lowest BCUT2D eigenvalue weighted by Gasteiger charge is -2.34. The van der Waals surface area contributed by atoms with E-state index in [0.717, 1.165) is 15.5 Å². The summed E-state index contributed by atoms with van der Waals surface area (Å²) in [6.07, 6.45) is -0.282. The zero-order valence-electron chi connectivity index (χ0n) is 8.20. The molecule has 3 rings (SSSR count). The van der Waals surface area contributed by atoms with Crippen LogP contribution >= 0.6 is 15.9 Å². The molecule has 1 fully saturated rings. The Kier molecular flexibility index (Phi) is 2.04. The van der Waals surface area contributed by atoms with Crippen LogP contribution in [0, 0.1) is 0 Å². The number of alkyl halides is 2. The van der Waals surface area contributed by atoms with Crippen molar-refractivity contribution in [1.82, 2.24) is 15.0 Å². The Morgan fingerprint density at radius 3 is 2.81 bits per heavy atom. The van der Waals surface area contributed by atoms with Gasteiger partial charge in [-0.05, 0) is 18.2 Å². The highest BCUT2D eigenvalue weighted by atomic mass is 79.9. The number of halogens is 3. The van der Waals surface area contributed by atoms with Crippen LogP contribution in [0.2, 0.25) is 0 Å². The van der Waals surface area contributed by atoms with E-state index in [9.17, 15) is 8.78 Å². The zero-order valence-corrected chi connectivity index (χ0v) is 9.79. The molecule has 1 aliphatic carbocycles. The fourth-order valence-corrected chi connectivity index (χ4v) is 2.33. The van der Waals surface area contributed by atoms with Crippen molar-refractivity contribution >= 4 is 27.0 Å². The van der Waals surface area contributed by atoms with Gasteiger partial charge in [0.1, 0.15) is 5.52 Å². The van der Waals surface area contributed by atoms with Gasteiger partial charge >= 0.3 is 0 Å². The number of hydrogen-bond acceptors (Lipinski definition) is 2. The van der Waals surface area contributed by atoms with Crippen LogP contribution in [0.25, 0.3) is 11.0 Å². The van der Waals surface area contributed by atoms with E-state index in [0.29, 0.717) is 0 Å². The van der Waals surface area contributed by atoms with Gasteiger partial charge in [0.2, 0.25) is 0 Å². The second-order valence-corrected chi connectivity index (χ2v) is 5.00. The third-order valence-corrected chi connectivity index (χ3v) is 3.34. The quantitative estimate of drug-likeness (QED) is 0.807. The van der Waals surface area contributed by atoms with E-state index in [1.54, 1.807) is 4.68 Å². The summed E-state index contributed by atoms with van der Waals surface area (Å²) < 4.78 is 28.1. The van der Waals surface area contributed by atoms with E-state index in [-0.39, 0.29) is 18.9 Å². The van der Waals surface area contributed by atoms with Crippen LogP contribution in [0.1, 0.15) is 18.9 Å². The lowest BCUT2D eigenvalue weighted by Crippen LogP contribution is -2.37. The van der Waals surface area contributed by atoms with Crippen LogP contribution in [0.5, 0.6) is 0 Å². The second-order valence-electron chi connectivity index (χ2n) is 4.09. The molecule has 0 saturated heterocycles. The van der Waals surface area contributed by atoms with Crippen molar-refractivity contribution in [1.29, 1.82) is 0 Å². The zero-order chi connectivity index (χ0) is 11.3. The second kappa shape index (κ2) is 3.23. The summed E-state index contributed by atoms with van der Waals surface area (Å²) in [6.45, 7) is 0. The normalized spacial score (nSPS) is 19.9. The van der Waals surface area contributed by atoms with Crippen LogP contribution in [0.3, 0.4) is 0 Å². The average molecular weight is 288 g/mol. The van der Waals surface area contributed by atoms with Crippen molar-refractivity contribution in [3.8, 4) is 0 Å². The molecular weight excluding hydrogens is 280 g/mol. The van der Waals surface area contributed by atoms with Gasteiger partial charge < -0.3 is 0 Å². The molecule has 0 spiro atoms. The Balaban J connectivity index is 2.02. The first-order chi connectivity index (χ1) is 7.55. The van der Waals surface area contributed by atoms with E-state index in [1.165, 1.54) is 0 Å². The van der Waals surface area contributed by atoms with Crippen molar-refractivity contribution in [3.63, 3.8) is 0 Å². The Morgan fingerprint density at radius 1 is 1.38 bits per heavy atom. The molecule has 1 aromatic heterocycles. The van der Waals surface area contributed by atoms with Gasteiger partial charge in [-0.2, -0.15) is 0 Å². The fourth-order valence-electron chi connectivity index (χ4n) is 1.98. The summed E-state index contributed by atoms with van der Waals surface area (Å²) in [5.41, 5.74) is 1.54. The van der Waals surface area contributed by atoms with Crippen molar-refractivity contribution in [2.24, 2.45) is 0 Å². The minimum absolute atomic E-state index is 0.141. The minimum Gasteiger partial charge on any atom is -0.241 e. The number of rotatable bonds is 1. The number of hydrogen-bond donors (Lipinski definition) is 0. The van der Waals surface area contributed by atoms with E-state index < -0.39 is 5.92 Å². The summed E-state index contributed by atoms with van der Waals surface area (Å²) in [6, 6.07) is 5.30. The molecule has 1 saturated carbocycles. The van der Waals surface area contributed by atoms with Crippen molar-refractivity contribution < 1.29 is 8.78 Å². The topological polar surface area (TPSA) is 30.7 Å².